The third-order valence-electron chi connectivity index (χ3n) is 7.92. The van der Waals surface area contributed by atoms with Gasteiger partial charge in [-0.05, 0) is 81.7 Å². The fourth-order valence-corrected chi connectivity index (χ4v) is 5.74. The summed E-state index contributed by atoms with van der Waals surface area (Å²) < 4.78 is 11.4. The molecule has 0 saturated carbocycles. The van der Waals surface area contributed by atoms with Crippen LogP contribution in [0.5, 0.6) is 11.5 Å². The fourth-order valence-electron chi connectivity index (χ4n) is 5.55. The molecule has 0 aliphatic heterocycles. The van der Waals surface area contributed by atoms with Gasteiger partial charge in [0.05, 0.1) is 0 Å². The Kier molecular flexibility index (Phi) is 11.6. The lowest BCUT2D eigenvalue weighted by atomic mass is 9.71. The molecule has 2 N–H and O–H groups in total. The molecule has 2 unspecified atom stereocenters. The number of hydrogen-bond donors (Lipinski definition) is 4. The molecule has 0 radical (unpaired) electrons. The summed E-state index contributed by atoms with van der Waals surface area (Å²) in [5.74, 6) is -1.14. The van der Waals surface area contributed by atoms with Gasteiger partial charge in [-0.15, -0.1) is 25.3 Å². The monoisotopic (exact) mass is 660 g/mol. The van der Waals surface area contributed by atoms with Crippen LogP contribution in [0.25, 0.3) is 0 Å². The van der Waals surface area contributed by atoms with Gasteiger partial charge >= 0.3 is 11.9 Å². The van der Waals surface area contributed by atoms with Crippen LogP contribution >= 0.6 is 25.3 Å². The molecule has 252 valence electrons. The van der Waals surface area contributed by atoms with Crippen LogP contribution in [0.2, 0.25) is 0 Å². The van der Waals surface area contributed by atoms with Gasteiger partial charge < -0.3 is 19.7 Å². The van der Waals surface area contributed by atoms with Crippen molar-refractivity contribution in [2.45, 2.75) is 142 Å². The molecule has 2 atom stereocenters. The zero-order valence-corrected chi connectivity index (χ0v) is 31.6. The standard InChI is InChI=1S/C37H56O6S2/c1-21(44)42-31(40)37(32(41)43-22(2)45,19-23-15-25(33(3,4)5)29(38)26(16-23)34(6,7)8)20-24-17-27(35(9,10)11)30(39)28(18-24)36(12,13)14/h15-18,21-22,38-39,44-45H,19-20H2,1-14H3. The zero-order chi connectivity index (χ0) is 35.1. The molecule has 2 aromatic rings. The van der Waals surface area contributed by atoms with Gasteiger partial charge in [-0.25, -0.2) is 0 Å². The van der Waals surface area contributed by atoms with E-state index in [1.165, 1.54) is 0 Å². The van der Waals surface area contributed by atoms with E-state index in [9.17, 15) is 19.8 Å². The minimum atomic E-state index is -1.84. The molecule has 2 aromatic carbocycles. The van der Waals surface area contributed by atoms with E-state index in [0.717, 1.165) is 0 Å². The van der Waals surface area contributed by atoms with Crippen molar-refractivity contribution in [3.63, 3.8) is 0 Å². The molecule has 6 nitrogen and oxygen atoms in total. The Morgan fingerprint density at radius 2 is 0.800 bits per heavy atom. The Balaban J connectivity index is 3.05. The smallest absolute Gasteiger partial charge is 0.325 e. The number of hydrogen-bond acceptors (Lipinski definition) is 8. The molecule has 0 heterocycles. The van der Waals surface area contributed by atoms with Crippen molar-refractivity contribution in [3.8, 4) is 11.5 Å². The third kappa shape index (κ3) is 9.37. The van der Waals surface area contributed by atoms with E-state index in [2.05, 4.69) is 25.3 Å². The second-order valence-corrected chi connectivity index (χ2v) is 18.0. The number of carbonyl (C=O) groups excluding carboxylic acids is 2. The first kappa shape index (κ1) is 38.9. The number of thiol groups is 2. The number of aromatic hydroxyl groups is 2. The van der Waals surface area contributed by atoms with E-state index < -0.39 is 49.9 Å². The van der Waals surface area contributed by atoms with Crippen LogP contribution in [-0.2, 0) is 53.6 Å². The van der Waals surface area contributed by atoms with E-state index in [0.29, 0.717) is 33.4 Å². The molecule has 45 heavy (non-hydrogen) atoms. The fraction of sp³-hybridized carbons (Fsp3) is 0.622. The summed E-state index contributed by atoms with van der Waals surface area (Å²) in [6.07, 6.45) is -0.122. The van der Waals surface area contributed by atoms with Crippen molar-refractivity contribution in [1.29, 1.82) is 0 Å². The Hall–Kier alpha value is -2.32. The normalized spacial score (nSPS) is 14.6. The van der Waals surface area contributed by atoms with Gasteiger partial charge in [0.2, 0.25) is 0 Å². The predicted molar refractivity (Wildman–Crippen MR) is 190 cm³/mol. The van der Waals surface area contributed by atoms with E-state index in [4.69, 9.17) is 9.47 Å². The quantitative estimate of drug-likeness (QED) is 0.0980. The number of ether oxygens (including phenoxy) is 2. The third-order valence-corrected chi connectivity index (χ3v) is 8.13. The topological polar surface area (TPSA) is 93.1 Å². The Bertz CT molecular complexity index is 1220. The summed E-state index contributed by atoms with van der Waals surface area (Å²) in [4.78, 5) is 28.5. The van der Waals surface area contributed by atoms with E-state index >= 15 is 0 Å². The molecular formula is C37H56O6S2. The maximum absolute atomic E-state index is 14.3. The first-order valence-electron chi connectivity index (χ1n) is 15.6. The molecule has 0 fully saturated rings. The molecule has 8 heteroatoms. The average Bonchev–Trinajstić information content (AvgIpc) is 2.81. The number of esters is 2. The summed E-state index contributed by atoms with van der Waals surface area (Å²) in [7, 11) is 0. The minimum Gasteiger partial charge on any atom is -0.507 e. The van der Waals surface area contributed by atoms with Crippen LogP contribution < -0.4 is 0 Å². The Labute approximate surface area is 282 Å². The molecule has 0 aliphatic carbocycles. The second kappa shape index (κ2) is 13.4. The summed E-state index contributed by atoms with van der Waals surface area (Å²) in [6.45, 7) is 27.4. The van der Waals surface area contributed by atoms with Crippen molar-refractivity contribution in [2.24, 2.45) is 5.41 Å². The minimum absolute atomic E-state index is 0.0608. The van der Waals surface area contributed by atoms with E-state index in [-0.39, 0.29) is 24.3 Å². The van der Waals surface area contributed by atoms with Crippen molar-refractivity contribution in [2.75, 3.05) is 0 Å². The largest absolute Gasteiger partial charge is 0.507 e. The lowest BCUT2D eigenvalue weighted by Crippen LogP contribution is -2.47. The number of phenols is 2. The van der Waals surface area contributed by atoms with Crippen molar-refractivity contribution in [1.82, 2.24) is 0 Å². The lowest BCUT2D eigenvalue weighted by Gasteiger charge is -2.34. The maximum Gasteiger partial charge on any atom is 0.325 e. The Morgan fingerprint density at radius 3 is 0.978 bits per heavy atom. The first-order chi connectivity index (χ1) is 20.1. The van der Waals surface area contributed by atoms with Crippen molar-refractivity contribution >= 4 is 37.2 Å². The van der Waals surface area contributed by atoms with Gasteiger partial charge in [0.25, 0.3) is 0 Å². The summed E-state index contributed by atoms with van der Waals surface area (Å²) in [5.41, 5.74) is -0.926. The van der Waals surface area contributed by atoms with Gasteiger partial charge in [-0.1, -0.05) is 107 Å². The number of phenolic OH excluding ortho intramolecular Hbond substituents is 2. The molecule has 0 bridgehead atoms. The van der Waals surface area contributed by atoms with Gasteiger partial charge in [0.1, 0.15) is 22.4 Å². The van der Waals surface area contributed by atoms with Crippen LogP contribution in [0.3, 0.4) is 0 Å². The SMILES string of the molecule is CC(S)OC(=O)C(Cc1cc(C(C)(C)C)c(O)c(C(C)(C)C)c1)(Cc1cc(C(C)(C)C)c(O)c(C(C)(C)C)c1)C(=O)OC(C)S. The highest BCUT2D eigenvalue weighted by atomic mass is 32.1. The van der Waals surface area contributed by atoms with Gasteiger partial charge in [0, 0.05) is 0 Å². The number of benzene rings is 2. The van der Waals surface area contributed by atoms with Crippen LogP contribution in [0.15, 0.2) is 24.3 Å². The highest BCUT2D eigenvalue weighted by Gasteiger charge is 2.50. The average molecular weight is 661 g/mol. The van der Waals surface area contributed by atoms with E-state index in [1.807, 2.05) is 107 Å². The highest BCUT2D eigenvalue weighted by Crippen LogP contribution is 2.44. The molecule has 0 amide bonds. The van der Waals surface area contributed by atoms with Gasteiger partial charge in [0.15, 0.2) is 5.41 Å². The number of rotatable bonds is 8. The molecule has 0 saturated heterocycles. The first-order valence-corrected chi connectivity index (χ1v) is 16.7. The number of carbonyl (C=O) groups is 2. The van der Waals surface area contributed by atoms with Gasteiger partial charge in [-0.2, -0.15) is 0 Å². The zero-order valence-electron chi connectivity index (χ0n) is 29.8. The highest BCUT2D eigenvalue weighted by molar-refractivity contribution is 7.80. The van der Waals surface area contributed by atoms with Gasteiger partial charge in [-0.3, -0.25) is 9.59 Å². The molecule has 2 rings (SSSR count). The van der Waals surface area contributed by atoms with Crippen LogP contribution in [0.1, 0.15) is 130 Å². The van der Waals surface area contributed by atoms with Crippen molar-refractivity contribution in [3.05, 3.63) is 57.6 Å². The lowest BCUT2D eigenvalue weighted by molar-refractivity contribution is -0.173. The summed E-state index contributed by atoms with van der Waals surface area (Å²) >= 11 is 8.65. The van der Waals surface area contributed by atoms with Crippen LogP contribution in [-0.4, -0.2) is 33.0 Å². The van der Waals surface area contributed by atoms with E-state index in [1.54, 1.807) is 13.8 Å². The molecule has 0 aromatic heterocycles. The molecule has 0 spiro atoms. The molecule has 0 aliphatic rings. The second-order valence-electron chi connectivity index (χ2n) is 16.5. The van der Waals surface area contributed by atoms with Crippen LogP contribution in [0, 0.1) is 5.41 Å². The predicted octanol–water partition coefficient (Wildman–Crippen LogP) is 8.70. The van der Waals surface area contributed by atoms with Crippen molar-refractivity contribution < 1.29 is 29.3 Å². The maximum atomic E-state index is 14.3. The molecular weight excluding hydrogens is 605 g/mol. The Morgan fingerprint density at radius 1 is 0.578 bits per heavy atom. The van der Waals surface area contributed by atoms with Crippen LogP contribution in [0.4, 0.5) is 0 Å². The summed E-state index contributed by atoms with van der Waals surface area (Å²) in [5, 5.41) is 22.8. The summed E-state index contributed by atoms with van der Waals surface area (Å²) in [6, 6.07) is 7.47.